The standard InChI is InChI=1S/C41H75N11O14S/c1-9-19(5)30(51-39(63)31(20(6)10-2)50-36(60)28(44)21(7)54)38(62)46-24(15-27(43)56)34(58)49-29(18(3)4)37(61)45-23(13-11-12-14-42)33(57)48-26(17-67)35(59)52-32(22(8)55)40(64)47-25(16-53)41(65)66/h18-26,28-32,53-55,67H,9-17,42,44H2,1-8H3,(H2,43,56)(H,45,61)(H,46,62)(H,47,64)(H,48,57)(H,49,58)(H,50,60)(H,51,63)(H,52,59)(H,65,66)/t19-,20-,21+,22+,23-,24-,25-,26-,28-,29-,30-,31-,32-/m0/s1. The Hall–Kier alpha value is -5.15. The van der Waals surface area contributed by atoms with Gasteiger partial charge in [0.05, 0.1) is 25.2 Å². The van der Waals surface area contributed by atoms with Crippen molar-refractivity contribution in [2.24, 2.45) is 35.0 Å². The van der Waals surface area contributed by atoms with Crippen molar-refractivity contribution in [2.45, 2.75) is 160 Å². The number of nitrogens with one attached hydrogen (secondary N) is 8. The van der Waals surface area contributed by atoms with Crippen LogP contribution in [0.15, 0.2) is 0 Å². The molecule has 0 saturated carbocycles. The predicted molar refractivity (Wildman–Crippen MR) is 246 cm³/mol. The monoisotopic (exact) mass is 978 g/mol. The third-order valence-corrected chi connectivity index (χ3v) is 11.3. The SMILES string of the molecule is CC[C@H](C)[C@H](NC(=O)[C@@H](N)[C@@H](C)O)C(=O)N[C@H](C(=O)N[C@@H](CC(N)=O)C(=O)N[C@H](C(=O)N[C@@H](CCCCN)C(=O)N[C@@H](CS)C(=O)N[C@H](C(=O)N[C@@H](CO)C(=O)O)[C@@H](C)O)C(C)C)[C@@H](C)CC. The van der Waals surface area contributed by atoms with Crippen LogP contribution in [0.25, 0.3) is 0 Å². The van der Waals surface area contributed by atoms with E-state index < -0.39 is 156 Å². The second-order valence-electron chi connectivity index (χ2n) is 16.9. The van der Waals surface area contributed by atoms with Gasteiger partial charge in [-0.2, -0.15) is 12.6 Å². The number of unbranched alkanes of at least 4 members (excludes halogenated alkanes) is 1. The number of thiol groups is 1. The van der Waals surface area contributed by atoms with Crippen LogP contribution in [-0.4, -0.2) is 165 Å². The fourth-order valence-electron chi connectivity index (χ4n) is 6.17. The van der Waals surface area contributed by atoms with Crippen molar-refractivity contribution in [1.82, 2.24) is 42.5 Å². The maximum Gasteiger partial charge on any atom is 0.328 e. The molecule has 0 fully saturated rings. The van der Waals surface area contributed by atoms with Crippen molar-refractivity contribution in [3.63, 3.8) is 0 Å². The average molecular weight is 978 g/mol. The summed E-state index contributed by atoms with van der Waals surface area (Å²) in [5.41, 5.74) is 16.9. The summed E-state index contributed by atoms with van der Waals surface area (Å²) in [6, 6.07) is -13.3. The molecule has 0 rings (SSSR count). The van der Waals surface area contributed by atoms with Crippen molar-refractivity contribution < 1.29 is 68.4 Å². The summed E-state index contributed by atoms with van der Waals surface area (Å²) < 4.78 is 0. The fraction of sp³-hybridized carbons (Fsp3) is 0.756. The van der Waals surface area contributed by atoms with Gasteiger partial charge in [-0.1, -0.05) is 54.4 Å². The van der Waals surface area contributed by atoms with Gasteiger partial charge in [0.1, 0.15) is 54.4 Å². The van der Waals surface area contributed by atoms with Crippen LogP contribution in [0.2, 0.25) is 0 Å². The number of aliphatic hydroxyl groups is 3. The van der Waals surface area contributed by atoms with Gasteiger partial charge < -0.3 is 80.2 Å². The minimum absolute atomic E-state index is 0.0249. The van der Waals surface area contributed by atoms with Crippen LogP contribution in [0.4, 0.5) is 0 Å². The zero-order chi connectivity index (χ0) is 51.9. The Labute approximate surface area is 396 Å². The van der Waals surface area contributed by atoms with Crippen LogP contribution in [-0.2, 0) is 47.9 Å². The second kappa shape index (κ2) is 31.0. The van der Waals surface area contributed by atoms with Crippen LogP contribution in [0.5, 0.6) is 0 Å². The summed E-state index contributed by atoms with van der Waals surface area (Å²) in [5, 5.41) is 57.7. The molecule has 25 nitrogen and oxygen atoms in total. The zero-order valence-corrected chi connectivity index (χ0v) is 40.4. The summed E-state index contributed by atoms with van der Waals surface area (Å²) in [6.45, 7) is 11.6. The molecule has 0 bridgehead atoms. The molecule has 0 heterocycles. The normalized spacial score (nSPS) is 17.1. The number of carbonyl (C=O) groups is 10. The lowest BCUT2D eigenvalue weighted by atomic mass is 9.94. The van der Waals surface area contributed by atoms with E-state index in [1.54, 1.807) is 41.5 Å². The van der Waals surface area contributed by atoms with Gasteiger partial charge in [0.25, 0.3) is 0 Å². The van der Waals surface area contributed by atoms with Gasteiger partial charge in [-0.25, -0.2) is 4.79 Å². The predicted octanol–water partition coefficient (Wildman–Crippen LogP) is -5.29. The number of primary amides is 1. The van der Waals surface area contributed by atoms with Crippen molar-refractivity contribution in [2.75, 3.05) is 18.9 Å². The van der Waals surface area contributed by atoms with E-state index in [4.69, 9.17) is 17.2 Å². The molecule has 0 radical (unpaired) electrons. The highest BCUT2D eigenvalue weighted by atomic mass is 32.1. The lowest BCUT2D eigenvalue weighted by Gasteiger charge is -2.31. The Balaban J connectivity index is 6.48. The van der Waals surface area contributed by atoms with Crippen LogP contribution >= 0.6 is 12.6 Å². The van der Waals surface area contributed by atoms with Gasteiger partial charge in [0, 0.05) is 5.75 Å². The Morgan fingerprint density at radius 3 is 1.37 bits per heavy atom. The first-order valence-electron chi connectivity index (χ1n) is 22.2. The highest BCUT2D eigenvalue weighted by Gasteiger charge is 2.38. The summed E-state index contributed by atoms with van der Waals surface area (Å²) in [5.74, 6) is -12.2. The zero-order valence-electron chi connectivity index (χ0n) is 39.5. The van der Waals surface area contributed by atoms with Gasteiger partial charge >= 0.3 is 5.97 Å². The number of hydrogen-bond acceptors (Lipinski definition) is 16. The van der Waals surface area contributed by atoms with Crippen molar-refractivity contribution in [1.29, 1.82) is 0 Å². The molecule has 0 unspecified atom stereocenters. The lowest BCUT2D eigenvalue weighted by Crippen LogP contribution is -2.63. The number of aliphatic carboxylic acids is 1. The Bertz CT molecular complexity index is 1690. The highest BCUT2D eigenvalue weighted by Crippen LogP contribution is 2.14. The topological polar surface area (TPSA) is 426 Å². The molecule has 26 heteroatoms. The highest BCUT2D eigenvalue weighted by molar-refractivity contribution is 7.80. The molecule has 0 aliphatic rings. The molecular weight excluding hydrogens is 903 g/mol. The smallest absolute Gasteiger partial charge is 0.328 e. The lowest BCUT2D eigenvalue weighted by molar-refractivity contribution is -0.144. The Morgan fingerprint density at radius 1 is 0.537 bits per heavy atom. The summed E-state index contributed by atoms with van der Waals surface area (Å²) in [6.07, 6.45) is -2.11. The number of nitrogens with two attached hydrogens (primary N) is 3. The molecule has 0 aliphatic carbocycles. The third kappa shape index (κ3) is 21.1. The van der Waals surface area contributed by atoms with Gasteiger partial charge in [0.2, 0.25) is 53.2 Å². The van der Waals surface area contributed by atoms with Crippen LogP contribution in [0.1, 0.15) is 93.9 Å². The van der Waals surface area contributed by atoms with Crippen LogP contribution in [0.3, 0.4) is 0 Å². The quantitative estimate of drug-likeness (QED) is 0.0221. The minimum atomic E-state index is -1.75. The first kappa shape index (κ1) is 61.9. The molecule has 18 N–H and O–H groups in total. The first-order chi connectivity index (χ1) is 31.2. The first-order valence-corrected chi connectivity index (χ1v) is 22.8. The average Bonchev–Trinajstić information content (AvgIpc) is 3.26. The maximum atomic E-state index is 13.9. The molecule has 67 heavy (non-hydrogen) atoms. The van der Waals surface area contributed by atoms with E-state index in [0.29, 0.717) is 25.7 Å². The van der Waals surface area contributed by atoms with E-state index >= 15 is 0 Å². The largest absolute Gasteiger partial charge is 0.480 e. The molecule has 0 aromatic rings. The molecule has 0 spiro atoms. The van der Waals surface area contributed by atoms with Crippen molar-refractivity contribution in [3.8, 4) is 0 Å². The number of carbonyl (C=O) groups excluding carboxylic acids is 9. The molecule has 0 saturated heterocycles. The fourth-order valence-corrected chi connectivity index (χ4v) is 6.43. The molecule has 0 aromatic carbocycles. The second-order valence-corrected chi connectivity index (χ2v) is 17.2. The molecule has 13 atom stereocenters. The Morgan fingerprint density at radius 2 is 0.940 bits per heavy atom. The molecule has 0 aliphatic heterocycles. The van der Waals surface area contributed by atoms with Crippen LogP contribution < -0.4 is 59.7 Å². The molecule has 9 amide bonds. The minimum Gasteiger partial charge on any atom is -0.480 e. The Kier molecular flexibility index (Phi) is 28.6. The van der Waals surface area contributed by atoms with Crippen molar-refractivity contribution in [3.05, 3.63) is 0 Å². The van der Waals surface area contributed by atoms with E-state index in [1.807, 2.05) is 5.32 Å². The number of amides is 9. The summed E-state index contributed by atoms with van der Waals surface area (Å²) in [7, 11) is 0. The van der Waals surface area contributed by atoms with E-state index in [2.05, 4.69) is 49.8 Å². The van der Waals surface area contributed by atoms with E-state index in [-0.39, 0.29) is 18.7 Å². The van der Waals surface area contributed by atoms with Gasteiger partial charge in [-0.05, 0) is 57.4 Å². The summed E-state index contributed by atoms with van der Waals surface area (Å²) in [4.78, 5) is 131. The van der Waals surface area contributed by atoms with E-state index in [0.717, 1.165) is 6.92 Å². The number of hydrogen-bond donors (Lipinski definition) is 16. The van der Waals surface area contributed by atoms with Gasteiger partial charge in [-0.15, -0.1) is 0 Å². The number of carboxylic acids is 1. The number of carboxylic acid groups (broad SMARTS) is 1. The molecule has 384 valence electrons. The molecule has 0 aromatic heterocycles. The van der Waals surface area contributed by atoms with Gasteiger partial charge in [-0.3, -0.25) is 43.2 Å². The van der Waals surface area contributed by atoms with E-state index in [1.165, 1.54) is 6.92 Å². The number of aliphatic hydroxyl groups excluding tert-OH is 3. The van der Waals surface area contributed by atoms with Crippen molar-refractivity contribution >= 4 is 71.8 Å². The van der Waals surface area contributed by atoms with Crippen LogP contribution in [0, 0.1) is 17.8 Å². The summed E-state index contributed by atoms with van der Waals surface area (Å²) >= 11 is 4.12. The molecular formula is C41H75N11O14S. The number of rotatable bonds is 32. The van der Waals surface area contributed by atoms with Gasteiger partial charge in [0.15, 0.2) is 0 Å². The van der Waals surface area contributed by atoms with E-state index in [9.17, 15) is 68.4 Å². The third-order valence-electron chi connectivity index (χ3n) is 10.9. The maximum absolute atomic E-state index is 13.9.